The number of amides is 1. The molecule has 1 atom stereocenters. The molecule has 1 aromatic carbocycles. The average Bonchev–Trinajstić information content (AvgIpc) is 2.73. The largest absolute Gasteiger partial charge is 0.338 e. The van der Waals surface area contributed by atoms with Crippen molar-refractivity contribution in [1.29, 1.82) is 0 Å². The Bertz CT molecular complexity index is 450. The fourth-order valence-electron chi connectivity index (χ4n) is 2.96. The average molecular weight is 321 g/mol. The van der Waals surface area contributed by atoms with Gasteiger partial charge in [-0.05, 0) is 44.7 Å². The zero-order valence-electron chi connectivity index (χ0n) is 13.8. The lowest BCUT2D eigenvalue weighted by molar-refractivity contribution is -0.133. The van der Waals surface area contributed by atoms with Crippen molar-refractivity contribution >= 4 is 17.7 Å². The van der Waals surface area contributed by atoms with Gasteiger partial charge in [0.25, 0.3) is 0 Å². The number of carbonyl (C=O) groups excluding carboxylic acids is 1. The minimum Gasteiger partial charge on any atom is -0.338 e. The maximum Gasteiger partial charge on any atom is 0.222 e. The van der Waals surface area contributed by atoms with Crippen LogP contribution in [0.25, 0.3) is 0 Å². The Hall–Kier alpha value is -1.00. The molecule has 1 amide bonds. The van der Waals surface area contributed by atoms with Gasteiger partial charge in [0.15, 0.2) is 0 Å². The SMILES string of the molecule is CN(C)CC1CSCCCN1C(=O)CCCc1ccccc1. The summed E-state index contributed by atoms with van der Waals surface area (Å²) in [5.41, 5.74) is 1.33. The van der Waals surface area contributed by atoms with E-state index in [1.54, 1.807) is 0 Å². The molecule has 1 heterocycles. The van der Waals surface area contributed by atoms with E-state index in [9.17, 15) is 4.79 Å². The van der Waals surface area contributed by atoms with Crippen molar-refractivity contribution in [2.24, 2.45) is 0 Å². The molecule has 0 bridgehead atoms. The molecule has 4 heteroatoms. The minimum absolute atomic E-state index is 0.338. The van der Waals surface area contributed by atoms with E-state index >= 15 is 0 Å². The predicted octanol–water partition coefficient (Wildman–Crippen LogP) is 2.91. The second kappa shape index (κ2) is 9.21. The van der Waals surface area contributed by atoms with Crippen molar-refractivity contribution in [3.05, 3.63) is 35.9 Å². The molecule has 1 aliphatic rings. The van der Waals surface area contributed by atoms with Gasteiger partial charge >= 0.3 is 0 Å². The number of hydrogen-bond acceptors (Lipinski definition) is 3. The quantitative estimate of drug-likeness (QED) is 0.805. The number of thioether (sulfide) groups is 1. The molecular formula is C18H28N2OS. The van der Waals surface area contributed by atoms with Crippen molar-refractivity contribution in [1.82, 2.24) is 9.80 Å². The first kappa shape index (κ1) is 17.4. The number of nitrogens with zero attached hydrogens (tertiary/aromatic N) is 2. The Kier molecular flexibility index (Phi) is 7.26. The molecule has 122 valence electrons. The number of benzene rings is 1. The standard InChI is InChI=1S/C18H28N2OS/c1-19(2)14-17-15-22-13-7-12-20(17)18(21)11-6-10-16-8-4-3-5-9-16/h3-5,8-9,17H,6-7,10-15H2,1-2H3. The van der Waals surface area contributed by atoms with Crippen LogP contribution in [-0.4, -0.2) is 60.4 Å². The third-order valence-electron chi connectivity index (χ3n) is 4.03. The number of aryl methyl sites for hydroxylation is 1. The van der Waals surface area contributed by atoms with Gasteiger partial charge in [-0.25, -0.2) is 0 Å². The fraction of sp³-hybridized carbons (Fsp3) is 0.611. The van der Waals surface area contributed by atoms with Crippen molar-refractivity contribution in [3.63, 3.8) is 0 Å². The summed E-state index contributed by atoms with van der Waals surface area (Å²) >= 11 is 1.99. The van der Waals surface area contributed by atoms with Crippen LogP contribution >= 0.6 is 11.8 Å². The van der Waals surface area contributed by atoms with Gasteiger partial charge in [-0.15, -0.1) is 0 Å². The van der Waals surface area contributed by atoms with Gasteiger partial charge in [0.1, 0.15) is 0 Å². The van der Waals surface area contributed by atoms with Gasteiger partial charge in [0.2, 0.25) is 5.91 Å². The fourth-order valence-corrected chi connectivity index (χ4v) is 4.02. The maximum absolute atomic E-state index is 12.6. The van der Waals surface area contributed by atoms with Crippen LogP contribution in [0.15, 0.2) is 30.3 Å². The van der Waals surface area contributed by atoms with Gasteiger partial charge in [-0.2, -0.15) is 11.8 Å². The van der Waals surface area contributed by atoms with Gasteiger partial charge in [-0.1, -0.05) is 30.3 Å². The first-order chi connectivity index (χ1) is 10.7. The molecule has 0 aliphatic carbocycles. The highest BCUT2D eigenvalue weighted by molar-refractivity contribution is 7.99. The third kappa shape index (κ3) is 5.65. The summed E-state index contributed by atoms with van der Waals surface area (Å²) in [5.74, 6) is 2.59. The van der Waals surface area contributed by atoms with Crippen molar-refractivity contribution < 1.29 is 4.79 Å². The van der Waals surface area contributed by atoms with Crippen LogP contribution in [0.4, 0.5) is 0 Å². The molecule has 3 nitrogen and oxygen atoms in total. The molecule has 0 radical (unpaired) electrons. The van der Waals surface area contributed by atoms with Crippen LogP contribution in [-0.2, 0) is 11.2 Å². The van der Waals surface area contributed by atoms with E-state index in [4.69, 9.17) is 0 Å². The predicted molar refractivity (Wildman–Crippen MR) is 95.4 cm³/mol. The topological polar surface area (TPSA) is 23.6 Å². The minimum atomic E-state index is 0.338. The zero-order chi connectivity index (χ0) is 15.8. The number of hydrogen-bond donors (Lipinski definition) is 0. The number of likely N-dealkylation sites (N-methyl/N-ethyl adjacent to an activating group) is 1. The highest BCUT2D eigenvalue weighted by Gasteiger charge is 2.25. The summed E-state index contributed by atoms with van der Waals surface area (Å²) in [5, 5.41) is 0. The first-order valence-electron chi connectivity index (χ1n) is 8.22. The van der Waals surface area contributed by atoms with Gasteiger partial charge in [0.05, 0.1) is 6.04 Å². The molecule has 0 N–H and O–H groups in total. The van der Waals surface area contributed by atoms with Gasteiger partial charge in [0, 0.05) is 25.3 Å². The van der Waals surface area contributed by atoms with Crippen LogP contribution < -0.4 is 0 Å². The van der Waals surface area contributed by atoms with E-state index in [2.05, 4.69) is 48.2 Å². The molecule has 22 heavy (non-hydrogen) atoms. The lowest BCUT2D eigenvalue weighted by Crippen LogP contribution is -2.46. The molecule has 1 unspecified atom stereocenters. The lowest BCUT2D eigenvalue weighted by Gasteiger charge is -2.31. The molecular weight excluding hydrogens is 292 g/mol. The maximum atomic E-state index is 12.6. The molecule has 2 rings (SSSR count). The molecule has 1 aromatic rings. The summed E-state index contributed by atoms with van der Waals surface area (Å²) in [6.07, 6.45) is 3.73. The monoisotopic (exact) mass is 320 g/mol. The highest BCUT2D eigenvalue weighted by atomic mass is 32.2. The van der Waals surface area contributed by atoms with Crippen molar-refractivity contribution in [3.8, 4) is 0 Å². The molecule has 1 saturated heterocycles. The Morgan fingerprint density at radius 3 is 2.82 bits per heavy atom. The number of carbonyl (C=O) groups is 1. The molecule has 0 aromatic heterocycles. The second-order valence-electron chi connectivity index (χ2n) is 6.27. The van der Waals surface area contributed by atoms with Crippen molar-refractivity contribution in [2.45, 2.75) is 31.7 Å². The first-order valence-corrected chi connectivity index (χ1v) is 9.38. The smallest absolute Gasteiger partial charge is 0.222 e. The highest BCUT2D eigenvalue weighted by Crippen LogP contribution is 2.18. The number of rotatable bonds is 6. The van der Waals surface area contributed by atoms with E-state index in [0.29, 0.717) is 18.4 Å². The van der Waals surface area contributed by atoms with Crippen molar-refractivity contribution in [2.75, 3.05) is 38.7 Å². The molecule has 1 fully saturated rings. The Labute approximate surface area is 139 Å². The van der Waals surface area contributed by atoms with Crippen LogP contribution in [0.5, 0.6) is 0 Å². The Balaban J connectivity index is 1.85. The Morgan fingerprint density at radius 2 is 2.09 bits per heavy atom. The summed E-state index contributed by atoms with van der Waals surface area (Å²) in [4.78, 5) is 17.0. The lowest BCUT2D eigenvalue weighted by atomic mass is 10.1. The van der Waals surface area contributed by atoms with E-state index < -0.39 is 0 Å². The van der Waals surface area contributed by atoms with Crippen LogP contribution in [0.2, 0.25) is 0 Å². The van der Waals surface area contributed by atoms with Crippen LogP contribution in [0, 0.1) is 0 Å². The van der Waals surface area contributed by atoms with E-state index in [1.165, 1.54) is 11.3 Å². The van der Waals surface area contributed by atoms with E-state index in [0.717, 1.165) is 38.1 Å². The zero-order valence-corrected chi connectivity index (χ0v) is 14.6. The van der Waals surface area contributed by atoms with Crippen LogP contribution in [0.3, 0.4) is 0 Å². The van der Waals surface area contributed by atoms with Crippen LogP contribution in [0.1, 0.15) is 24.8 Å². The van der Waals surface area contributed by atoms with Gasteiger partial charge in [-0.3, -0.25) is 4.79 Å². The summed E-state index contributed by atoms with van der Waals surface area (Å²) in [6, 6.07) is 10.8. The van der Waals surface area contributed by atoms with Gasteiger partial charge < -0.3 is 9.80 Å². The van der Waals surface area contributed by atoms with E-state index in [-0.39, 0.29) is 0 Å². The normalized spacial score (nSPS) is 19.2. The summed E-state index contributed by atoms with van der Waals surface area (Å²) in [7, 11) is 4.18. The van der Waals surface area contributed by atoms with E-state index in [1.807, 2.05) is 17.8 Å². The molecule has 1 aliphatic heterocycles. The molecule has 0 spiro atoms. The second-order valence-corrected chi connectivity index (χ2v) is 7.42. The summed E-state index contributed by atoms with van der Waals surface area (Å²) < 4.78 is 0. The Morgan fingerprint density at radius 1 is 1.32 bits per heavy atom. The summed E-state index contributed by atoms with van der Waals surface area (Å²) in [6.45, 7) is 1.90. The third-order valence-corrected chi connectivity index (χ3v) is 5.23. The molecule has 0 saturated carbocycles.